The highest BCUT2D eigenvalue weighted by molar-refractivity contribution is 5.95. The van der Waals surface area contributed by atoms with Crippen LogP contribution >= 0.6 is 0 Å². The second kappa shape index (κ2) is 8.47. The molecule has 0 spiro atoms. The van der Waals surface area contributed by atoms with Crippen LogP contribution in [0.2, 0.25) is 0 Å². The monoisotopic (exact) mass is 384 g/mol. The number of non-ortho nitro benzene ring substituents is 1. The van der Waals surface area contributed by atoms with E-state index >= 15 is 0 Å². The first kappa shape index (κ1) is 19.3. The minimum absolute atomic E-state index is 0.112. The van der Waals surface area contributed by atoms with E-state index in [2.05, 4.69) is 10.6 Å². The molecule has 9 heteroatoms. The summed E-state index contributed by atoms with van der Waals surface area (Å²) in [6.07, 6.45) is 5.35. The van der Waals surface area contributed by atoms with E-state index in [0.29, 0.717) is 11.3 Å². The summed E-state index contributed by atoms with van der Waals surface area (Å²) >= 11 is 0. The van der Waals surface area contributed by atoms with Crippen LogP contribution in [0.1, 0.15) is 42.5 Å². The SMILES string of the molecule is O=C(NC1CCCCC1)c1cccc(Nc2ccc([N+](=O)[O-])cc2[N+](=O)[O-])c1. The van der Waals surface area contributed by atoms with Crippen LogP contribution < -0.4 is 10.6 Å². The fourth-order valence-electron chi connectivity index (χ4n) is 3.30. The molecular weight excluding hydrogens is 364 g/mol. The van der Waals surface area contributed by atoms with Crippen LogP contribution in [0.25, 0.3) is 0 Å². The highest BCUT2D eigenvalue weighted by Gasteiger charge is 2.20. The zero-order valence-electron chi connectivity index (χ0n) is 15.1. The Bertz CT molecular complexity index is 909. The van der Waals surface area contributed by atoms with Crippen molar-refractivity contribution in [1.29, 1.82) is 0 Å². The Morgan fingerprint density at radius 3 is 2.39 bits per heavy atom. The van der Waals surface area contributed by atoms with Gasteiger partial charge in [0.2, 0.25) is 0 Å². The topological polar surface area (TPSA) is 127 Å². The van der Waals surface area contributed by atoms with Crippen LogP contribution in [-0.4, -0.2) is 21.8 Å². The van der Waals surface area contributed by atoms with Crippen LogP contribution in [0.4, 0.5) is 22.7 Å². The van der Waals surface area contributed by atoms with Gasteiger partial charge in [0.15, 0.2) is 0 Å². The van der Waals surface area contributed by atoms with E-state index in [9.17, 15) is 25.0 Å². The van der Waals surface area contributed by atoms with E-state index in [-0.39, 0.29) is 23.3 Å². The Labute approximate surface area is 161 Å². The lowest BCUT2D eigenvalue weighted by atomic mass is 9.95. The zero-order valence-corrected chi connectivity index (χ0v) is 15.1. The van der Waals surface area contributed by atoms with Gasteiger partial charge in [0, 0.05) is 23.4 Å². The van der Waals surface area contributed by atoms with Gasteiger partial charge in [-0.3, -0.25) is 25.0 Å². The smallest absolute Gasteiger partial charge is 0.299 e. The summed E-state index contributed by atoms with van der Waals surface area (Å²) in [5, 5.41) is 28.0. The molecule has 9 nitrogen and oxygen atoms in total. The summed E-state index contributed by atoms with van der Waals surface area (Å²) in [4.78, 5) is 33.2. The number of hydrogen-bond acceptors (Lipinski definition) is 6. The molecule has 0 unspecified atom stereocenters. The van der Waals surface area contributed by atoms with Crippen molar-refractivity contribution in [2.24, 2.45) is 0 Å². The molecular formula is C19H20N4O5. The van der Waals surface area contributed by atoms with Gasteiger partial charge in [-0.15, -0.1) is 0 Å². The predicted octanol–water partition coefficient (Wildman–Crippen LogP) is 4.31. The first-order valence-corrected chi connectivity index (χ1v) is 9.05. The van der Waals surface area contributed by atoms with E-state index in [0.717, 1.165) is 31.7 Å². The third-order valence-corrected chi connectivity index (χ3v) is 4.73. The van der Waals surface area contributed by atoms with Gasteiger partial charge in [0.05, 0.1) is 15.9 Å². The van der Waals surface area contributed by atoms with Gasteiger partial charge in [-0.25, -0.2) is 0 Å². The molecule has 1 amide bonds. The van der Waals surface area contributed by atoms with Crippen molar-refractivity contribution in [2.45, 2.75) is 38.1 Å². The second-order valence-electron chi connectivity index (χ2n) is 6.73. The molecule has 0 heterocycles. The van der Waals surface area contributed by atoms with Crippen molar-refractivity contribution < 1.29 is 14.6 Å². The molecule has 0 aromatic heterocycles. The van der Waals surface area contributed by atoms with Crippen LogP contribution in [0.15, 0.2) is 42.5 Å². The number of rotatable bonds is 6. The highest BCUT2D eigenvalue weighted by atomic mass is 16.6. The molecule has 0 bridgehead atoms. The molecule has 1 saturated carbocycles. The van der Waals surface area contributed by atoms with Gasteiger partial charge < -0.3 is 10.6 Å². The third kappa shape index (κ3) is 4.61. The van der Waals surface area contributed by atoms with Gasteiger partial charge >= 0.3 is 0 Å². The van der Waals surface area contributed by atoms with Crippen molar-refractivity contribution >= 4 is 28.7 Å². The summed E-state index contributed by atoms with van der Waals surface area (Å²) in [6.45, 7) is 0. The quantitative estimate of drug-likeness (QED) is 0.564. The molecule has 28 heavy (non-hydrogen) atoms. The number of hydrogen-bond donors (Lipinski definition) is 2. The number of amides is 1. The number of carbonyl (C=O) groups is 1. The first-order valence-electron chi connectivity index (χ1n) is 9.05. The molecule has 1 fully saturated rings. The number of anilines is 2. The average molecular weight is 384 g/mol. The molecule has 0 aliphatic heterocycles. The predicted molar refractivity (Wildman–Crippen MR) is 104 cm³/mol. The van der Waals surface area contributed by atoms with Crippen LogP contribution in [-0.2, 0) is 0 Å². The van der Waals surface area contributed by atoms with Crippen LogP contribution in [0.5, 0.6) is 0 Å². The molecule has 2 aromatic carbocycles. The van der Waals surface area contributed by atoms with Crippen molar-refractivity contribution in [1.82, 2.24) is 5.32 Å². The zero-order chi connectivity index (χ0) is 20.1. The maximum atomic E-state index is 12.5. The fraction of sp³-hybridized carbons (Fsp3) is 0.316. The molecule has 2 aromatic rings. The molecule has 2 N–H and O–H groups in total. The molecule has 1 aliphatic carbocycles. The third-order valence-electron chi connectivity index (χ3n) is 4.73. The summed E-state index contributed by atoms with van der Waals surface area (Å²) < 4.78 is 0. The number of nitro groups is 2. The van der Waals surface area contributed by atoms with E-state index in [1.54, 1.807) is 24.3 Å². The number of nitrogens with zero attached hydrogens (tertiary/aromatic N) is 2. The Hall–Kier alpha value is -3.49. The highest BCUT2D eigenvalue weighted by Crippen LogP contribution is 2.31. The van der Waals surface area contributed by atoms with E-state index < -0.39 is 15.5 Å². The lowest BCUT2D eigenvalue weighted by molar-refractivity contribution is -0.393. The number of carbonyl (C=O) groups excluding carboxylic acids is 1. The summed E-state index contributed by atoms with van der Waals surface area (Å²) in [5.74, 6) is -0.186. The van der Waals surface area contributed by atoms with E-state index in [1.807, 2.05) is 0 Å². The number of nitrogens with one attached hydrogen (secondary N) is 2. The number of nitro benzene ring substituents is 2. The lowest BCUT2D eigenvalue weighted by Crippen LogP contribution is -2.36. The van der Waals surface area contributed by atoms with Gasteiger partial charge in [0.25, 0.3) is 17.3 Å². The minimum atomic E-state index is -0.687. The maximum Gasteiger partial charge on any atom is 0.299 e. The fourth-order valence-corrected chi connectivity index (χ4v) is 3.30. The maximum absolute atomic E-state index is 12.5. The largest absolute Gasteiger partial charge is 0.350 e. The van der Waals surface area contributed by atoms with Gasteiger partial charge in [-0.2, -0.15) is 0 Å². The van der Waals surface area contributed by atoms with E-state index in [4.69, 9.17) is 0 Å². The Morgan fingerprint density at radius 1 is 0.964 bits per heavy atom. The molecule has 0 atom stereocenters. The average Bonchev–Trinajstić information content (AvgIpc) is 2.69. The van der Waals surface area contributed by atoms with Gasteiger partial charge in [0.1, 0.15) is 5.69 Å². The standard InChI is InChI=1S/C19H20N4O5/c24-19(21-14-6-2-1-3-7-14)13-5-4-8-15(11-13)20-17-10-9-16(22(25)26)12-18(17)23(27)28/h4-5,8-12,14,20H,1-3,6-7H2,(H,21,24). The number of benzene rings is 2. The molecule has 3 rings (SSSR count). The Morgan fingerprint density at radius 2 is 1.71 bits per heavy atom. The van der Waals surface area contributed by atoms with Crippen molar-refractivity contribution in [3.63, 3.8) is 0 Å². The van der Waals surface area contributed by atoms with Crippen molar-refractivity contribution in [3.8, 4) is 0 Å². The molecule has 146 valence electrons. The minimum Gasteiger partial charge on any atom is -0.350 e. The molecule has 0 radical (unpaired) electrons. The summed E-state index contributed by atoms with van der Waals surface area (Å²) in [6, 6.07) is 10.2. The lowest BCUT2D eigenvalue weighted by Gasteiger charge is -2.22. The van der Waals surface area contributed by atoms with Crippen LogP contribution in [0.3, 0.4) is 0 Å². The normalized spacial score (nSPS) is 14.3. The van der Waals surface area contributed by atoms with Crippen LogP contribution in [0, 0.1) is 20.2 Å². The van der Waals surface area contributed by atoms with Crippen molar-refractivity contribution in [3.05, 3.63) is 68.3 Å². The Balaban J connectivity index is 1.78. The molecule has 1 aliphatic rings. The summed E-state index contributed by atoms with van der Waals surface area (Å²) in [7, 11) is 0. The van der Waals surface area contributed by atoms with Gasteiger partial charge in [-0.05, 0) is 37.1 Å². The van der Waals surface area contributed by atoms with E-state index in [1.165, 1.54) is 18.6 Å². The first-order chi connectivity index (χ1) is 13.4. The van der Waals surface area contributed by atoms with Crippen molar-refractivity contribution in [2.75, 3.05) is 5.32 Å². The van der Waals surface area contributed by atoms with Gasteiger partial charge in [-0.1, -0.05) is 25.3 Å². The molecule has 0 saturated heterocycles. The second-order valence-corrected chi connectivity index (χ2v) is 6.73. The Kier molecular flexibility index (Phi) is 5.83. The summed E-state index contributed by atoms with van der Waals surface area (Å²) in [5.41, 5.74) is 0.262.